The van der Waals surface area contributed by atoms with Crippen LogP contribution < -0.4 is 4.90 Å². The molecule has 1 N–H and O–H groups in total. The smallest absolute Gasteiger partial charge is 0.0787 e. The minimum absolute atomic E-state index is 0.363. The molecule has 1 aromatic rings. The van der Waals surface area contributed by atoms with Gasteiger partial charge in [-0.3, -0.25) is 4.21 Å². The summed E-state index contributed by atoms with van der Waals surface area (Å²) in [5.74, 6) is 1.53. The largest absolute Gasteiger partial charge is 0.388 e. The molecular formula is C13H19NO2S. The van der Waals surface area contributed by atoms with Gasteiger partial charge in [-0.15, -0.1) is 0 Å². The molecule has 0 amide bonds. The van der Waals surface area contributed by atoms with Crippen LogP contribution in [-0.4, -0.2) is 33.9 Å². The Hall–Kier alpha value is -0.870. The number of rotatable bonds is 3. The summed E-state index contributed by atoms with van der Waals surface area (Å²) in [5.41, 5.74) is 2.13. The molecule has 0 spiro atoms. The van der Waals surface area contributed by atoms with Crippen LogP contribution in [0.2, 0.25) is 0 Å². The molecule has 0 unspecified atom stereocenters. The van der Waals surface area contributed by atoms with Crippen LogP contribution in [0.4, 0.5) is 5.69 Å². The van der Waals surface area contributed by atoms with Crippen molar-refractivity contribution in [3.05, 3.63) is 29.8 Å². The summed E-state index contributed by atoms with van der Waals surface area (Å²) < 4.78 is 11.3. The predicted octanol–water partition coefficient (Wildman–Crippen LogP) is 1.70. The van der Waals surface area contributed by atoms with E-state index in [9.17, 15) is 9.32 Å². The van der Waals surface area contributed by atoms with Crippen molar-refractivity contribution in [3.63, 3.8) is 0 Å². The third-order valence-corrected chi connectivity index (χ3v) is 4.48. The van der Waals surface area contributed by atoms with Crippen molar-refractivity contribution in [1.82, 2.24) is 0 Å². The molecule has 1 heterocycles. The molecule has 17 heavy (non-hydrogen) atoms. The summed E-state index contributed by atoms with van der Waals surface area (Å²) in [7, 11) is -0.629. The summed E-state index contributed by atoms with van der Waals surface area (Å²) in [6.07, 6.45) is 0.375. The highest BCUT2D eigenvalue weighted by Gasteiger charge is 2.15. The van der Waals surface area contributed by atoms with Crippen LogP contribution in [0.25, 0.3) is 0 Å². The predicted molar refractivity (Wildman–Crippen MR) is 71.8 cm³/mol. The van der Waals surface area contributed by atoms with Gasteiger partial charge >= 0.3 is 0 Å². The van der Waals surface area contributed by atoms with Crippen LogP contribution >= 0.6 is 0 Å². The SMILES string of the molecule is CC[C@H](O)c1ccc(N2CCS(=O)CC2)cc1. The van der Waals surface area contributed by atoms with E-state index in [1.54, 1.807) is 0 Å². The van der Waals surface area contributed by atoms with Gasteiger partial charge in [0.2, 0.25) is 0 Å². The first kappa shape index (κ1) is 12.6. The lowest BCUT2D eigenvalue weighted by Crippen LogP contribution is -2.37. The van der Waals surface area contributed by atoms with E-state index in [1.807, 2.05) is 31.2 Å². The molecular weight excluding hydrogens is 234 g/mol. The summed E-state index contributed by atoms with van der Waals surface area (Å²) in [6.45, 7) is 3.70. The van der Waals surface area contributed by atoms with E-state index in [0.29, 0.717) is 0 Å². The number of anilines is 1. The lowest BCUT2D eigenvalue weighted by atomic mass is 10.1. The van der Waals surface area contributed by atoms with Crippen molar-refractivity contribution in [2.24, 2.45) is 0 Å². The van der Waals surface area contributed by atoms with Crippen molar-refractivity contribution in [2.45, 2.75) is 19.4 Å². The maximum absolute atomic E-state index is 11.3. The topological polar surface area (TPSA) is 40.5 Å². The Balaban J connectivity index is 2.05. The van der Waals surface area contributed by atoms with E-state index in [2.05, 4.69) is 4.90 Å². The Kier molecular flexibility index (Phi) is 4.18. The normalized spacial score (nSPS) is 19.3. The highest BCUT2D eigenvalue weighted by Crippen LogP contribution is 2.21. The Bertz CT molecular complexity index is 381. The second-order valence-corrected chi connectivity index (χ2v) is 6.05. The van der Waals surface area contributed by atoms with Gasteiger partial charge in [0, 0.05) is 41.1 Å². The molecule has 4 heteroatoms. The van der Waals surface area contributed by atoms with Gasteiger partial charge in [0.05, 0.1) is 6.10 Å². The first-order valence-electron chi connectivity index (χ1n) is 6.08. The maximum atomic E-state index is 11.3. The fourth-order valence-corrected chi connectivity index (χ4v) is 3.09. The van der Waals surface area contributed by atoms with Crippen molar-refractivity contribution in [3.8, 4) is 0 Å². The average molecular weight is 253 g/mol. The van der Waals surface area contributed by atoms with Crippen LogP contribution in [0.3, 0.4) is 0 Å². The summed E-state index contributed by atoms with van der Waals surface area (Å²) >= 11 is 0. The zero-order valence-corrected chi connectivity index (χ0v) is 10.9. The summed E-state index contributed by atoms with van der Waals surface area (Å²) in [4.78, 5) is 2.25. The second kappa shape index (κ2) is 5.65. The number of aliphatic hydroxyl groups is 1. The molecule has 0 aromatic heterocycles. The number of nitrogens with zero attached hydrogens (tertiary/aromatic N) is 1. The summed E-state index contributed by atoms with van der Waals surface area (Å²) in [6, 6.07) is 8.05. The van der Waals surface area contributed by atoms with Gasteiger partial charge in [-0.05, 0) is 24.1 Å². The van der Waals surface area contributed by atoms with Crippen LogP contribution in [0.15, 0.2) is 24.3 Å². The van der Waals surface area contributed by atoms with Gasteiger partial charge in [0.25, 0.3) is 0 Å². The molecule has 1 fully saturated rings. The van der Waals surface area contributed by atoms with Crippen LogP contribution in [0.1, 0.15) is 25.0 Å². The van der Waals surface area contributed by atoms with E-state index in [-0.39, 0.29) is 6.10 Å². The minimum Gasteiger partial charge on any atom is -0.388 e. The molecule has 94 valence electrons. The number of hydrogen-bond donors (Lipinski definition) is 1. The number of benzene rings is 1. The molecule has 1 saturated heterocycles. The zero-order chi connectivity index (χ0) is 12.3. The second-order valence-electron chi connectivity index (χ2n) is 4.35. The average Bonchev–Trinajstić information content (AvgIpc) is 2.39. The third-order valence-electron chi connectivity index (χ3n) is 3.21. The molecule has 1 atom stereocenters. The highest BCUT2D eigenvalue weighted by atomic mass is 32.2. The fourth-order valence-electron chi connectivity index (χ4n) is 2.04. The van der Waals surface area contributed by atoms with Crippen molar-refractivity contribution in [2.75, 3.05) is 29.5 Å². The Labute approximate surface area is 105 Å². The van der Waals surface area contributed by atoms with E-state index in [0.717, 1.165) is 42.3 Å². The van der Waals surface area contributed by atoms with Gasteiger partial charge in [-0.2, -0.15) is 0 Å². The first-order chi connectivity index (χ1) is 8.20. The van der Waals surface area contributed by atoms with Gasteiger partial charge in [-0.1, -0.05) is 19.1 Å². The zero-order valence-electron chi connectivity index (χ0n) is 10.1. The van der Waals surface area contributed by atoms with E-state index in [1.165, 1.54) is 0 Å². The van der Waals surface area contributed by atoms with E-state index in [4.69, 9.17) is 0 Å². The van der Waals surface area contributed by atoms with Gasteiger partial charge in [-0.25, -0.2) is 0 Å². The molecule has 0 radical (unpaired) electrons. The number of hydrogen-bond acceptors (Lipinski definition) is 3. The standard InChI is InChI=1S/C13H19NO2S/c1-2-13(15)11-3-5-12(6-4-11)14-7-9-17(16)10-8-14/h3-6,13,15H,2,7-10H2,1H3/t13-/m0/s1. The molecule has 2 rings (SSSR count). The fraction of sp³-hybridized carbons (Fsp3) is 0.538. The molecule has 1 aliphatic heterocycles. The summed E-state index contributed by atoms with van der Waals surface area (Å²) in [5, 5.41) is 9.71. The highest BCUT2D eigenvalue weighted by molar-refractivity contribution is 7.85. The molecule has 0 aliphatic carbocycles. The van der Waals surface area contributed by atoms with E-state index >= 15 is 0 Å². The molecule has 0 bridgehead atoms. The van der Waals surface area contributed by atoms with Crippen molar-refractivity contribution < 1.29 is 9.32 Å². The first-order valence-corrected chi connectivity index (χ1v) is 7.57. The quantitative estimate of drug-likeness (QED) is 0.891. The van der Waals surface area contributed by atoms with E-state index < -0.39 is 10.8 Å². The van der Waals surface area contributed by atoms with Crippen molar-refractivity contribution >= 4 is 16.5 Å². The van der Waals surface area contributed by atoms with Crippen LogP contribution in [0, 0.1) is 0 Å². The van der Waals surface area contributed by atoms with Gasteiger partial charge in [0.15, 0.2) is 0 Å². The molecule has 1 aromatic carbocycles. The van der Waals surface area contributed by atoms with Crippen molar-refractivity contribution in [1.29, 1.82) is 0 Å². The maximum Gasteiger partial charge on any atom is 0.0787 e. The Morgan fingerprint density at radius 1 is 1.29 bits per heavy atom. The third kappa shape index (κ3) is 3.07. The monoisotopic (exact) mass is 253 g/mol. The van der Waals surface area contributed by atoms with Crippen LogP contribution in [0.5, 0.6) is 0 Å². The van der Waals surface area contributed by atoms with Crippen LogP contribution in [-0.2, 0) is 10.8 Å². The van der Waals surface area contributed by atoms with Gasteiger partial charge < -0.3 is 10.0 Å². The number of aliphatic hydroxyl groups excluding tert-OH is 1. The molecule has 0 saturated carbocycles. The minimum atomic E-state index is -0.629. The molecule has 1 aliphatic rings. The Morgan fingerprint density at radius 3 is 2.41 bits per heavy atom. The Morgan fingerprint density at radius 2 is 1.88 bits per heavy atom. The molecule has 3 nitrogen and oxygen atoms in total. The lowest BCUT2D eigenvalue weighted by Gasteiger charge is -2.28. The lowest BCUT2D eigenvalue weighted by molar-refractivity contribution is 0.173. The van der Waals surface area contributed by atoms with Gasteiger partial charge in [0.1, 0.15) is 0 Å².